The van der Waals surface area contributed by atoms with E-state index < -0.39 is 5.97 Å². The van der Waals surface area contributed by atoms with Crippen LogP contribution in [0.4, 0.5) is 0 Å². The number of aryl methyl sites for hydroxylation is 1. The third-order valence-corrected chi connectivity index (χ3v) is 2.36. The number of pyridine rings is 1. The average molecular weight is 243 g/mol. The minimum absolute atomic E-state index is 0.00652. The van der Waals surface area contributed by atoms with E-state index in [1.165, 1.54) is 0 Å². The molecule has 0 bridgehead atoms. The van der Waals surface area contributed by atoms with Crippen LogP contribution in [0.2, 0.25) is 0 Å². The van der Waals surface area contributed by atoms with E-state index in [9.17, 15) is 4.79 Å². The second kappa shape index (κ2) is 6.55. The molecule has 0 fully saturated rings. The summed E-state index contributed by atoms with van der Waals surface area (Å²) in [5.74, 6) is -0.849. The van der Waals surface area contributed by atoms with Crippen LogP contribution in [-0.4, -0.2) is 16.1 Å². The topological polar surface area (TPSA) is 50.2 Å². The summed E-state index contributed by atoms with van der Waals surface area (Å²) in [5, 5.41) is 8.82. The maximum Gasteiger partial charge on any atom is 0.307 e. The Balaban J connectivity index is 2.97. The summed E-state index contributed by atoms with van der Waals surface area (Å²) in [6.07, 6.45) is 7.11. The van der Waals surface area contributed by atoms with Crippen molar-refractivity contribution in [1.29, 1.82) is 0 Å². The van der Waals surface area contributed by atoms with Gasteiger partial charge in [0.15, 0.2) is 0 Å². The predicted molar refractivity (Wildman–Crippen MR) is 73.2 cm³/mol. The smallest absolute Gasteiger partial charge is 0.307 e. The Labute approximate surface area is 107 Å². The van der Waals surface area contributed by atoms with Crippen LogP contribution in [0.25, 0.3) is 5.57 Å². The van der Waals surface area contributed by atoms with E-state index in [2.05, 4.69) is 11.6 Å². The summed E-state index contributed by atoms with van der Waals surface area (Å²) in [4.78, 5) is 14.9. The molecule has 3 heteroatoms. The lowest BCUT2D eigenvalue weighted by Crippen LogP contribution is -1.96. The Morgan fingerprint density at radius 1 is 1.56 bits per heavy atom. The number of carboxylic acids is 1. The lowest BCUT2D eigenvalue weighted by molar-refractivity contribution is -0.136. The van der Waals surface area contributed by atoms with Crippen LogP contribution in [-0.2, 0) is 4.79 Å². The predicted octanol–water partition coefficient (Wildman–Crippen LogP) is 3.38. The molecule has 0 saturated heterocycles. The van der Waals surface area contributed by atoms with Gasteiger partial charge in [-0.15, -0.1) is 0 Å². The molecule has 1 aromatic heterocycles. The number of allylic oxidation sites excluding steroid dienone is 4. The first-order valence-electron chi connectivity index (χ1n) is 5.70. The molecule has 1 N–H and O–H groups in total. The Morgan fingerprint density at radius 3 is 2.83 bits per heavy atom. The molecule has 0 saturated carbocycles. The maximum absolute atomic E-state index is 10.7. The molecule has 18 heavy (non-hydrogen) atoms. The number of carboxylic acid groups (broad SMARTS) is 1. The molecule has 0 amide bonds. The van der Waals surface area contributed by atoms with E-state index in [1.54, 1.807) is 18.3 Å². The number of hydrogen-bond donors (Lipinski definition) is 1. The van der Waals surface area contributed by atoms with Crippen LogP contribution in [0.5, 0.6) is 0 Å². The lowest BCUT2D eigenvalue weighted by Gasteiger charge is -2.04. The Bertz CT molecular complexity index is 513. The highest BCUT2D eigenvalue weighted by Crippen LogP contribution is 2.17. The molecule has 0 aliphatic rings. The summed E-state index contributed by atoms with van der Waals surface area (Å²) >= 11 is 0. The zero-order chi connectivity index (χ0) is 13.5. The molecule has 0 aliphatic carbocycles. The molecule has 0 unspecified atom stereocenters. The standard InChI is InChI=1S/C15H17NO2/c1-4-5-13(10-15(17)18)8-11(2)14-6-7-16-12(3)9-14/h4-9H,2,10H2,1,3H3,(H,17,18)/b5-4-,13-8+. The molecule has 1 aromatic rings. The molecule has 1 rings (SSSR count). The molecule has 0 aliphatic heterocycles. The molecule has 0 atom stereocenters. The van der Waals surface area contributed by atoms with Crippen molar-refractivity contribution < 1.29 is 9.90 Å². The van der Waals surface area contributed by atoms with Crippen molar-refractivity contribution in [2.24, 2.45) is 0 Å². The SMILES string of the molecule is C=C(/C=C(\C=C/C)CC(=O)O)c1ccnc(C)c1. The van der Waals surface area contributed by atoms with Crippen molar-refractivity contribution in [2.45, 2.75) is 20.3 Å². The molecular formula is C15H17NO2. The molecule has 3 nitrogen and oxygen atoms in total. The summed E-state index contributed by atoms with van der Waals surface area (Å²) < 4.78 is 0. The van der Waals surface area contributed by atoms with Crippen LogP contribution < -0.4 is 0 Å². The van der Waals surface area contributed by atoms with Gasteiger partial charge in [0, 0.05) is 11.9 Å². The second-order valence-corrected chi connectivity index (χ2v) is 4.00. The molecular weight excluding hydrogens is 226 g/mol. The van der Waals surface area contributed by atoms with Crippen molar-refractivity contribution in [1.82, 2.24) is 4.98 Å². The fourth-order valence-corrected chi connectivity index (χ4v) is 1.60. The van der Waals surface area contributed by atoms with E-state index in [0.29, 0.717) is 0 Å². The fourth-order valence-electron chi connectivity index (χ4n) is 1.60. The van der Waals surface area contributed by atoms with E-state index >= 15 is 0 Å². The number of nitrogens with zero attached hydrogens (tertiary/aromatic N) is 1. The number of aromatic nitrogens is 1. The lowest BCUT2D eigenvalue weighted by atomic mass is 10.0. The van der Waals surface area contributed by atoms with Crippen molar-refractivity contribution in [3.8, 4) is 0 Å². The molecule has 0 radical (unpaired) electrons. The summed E-state index contributed by atoms with van der Waals surface area (Å²) in [5.41, 5.74) is 3.38. The number of hydrogen-bond acceptors (Lipinski definition) is 2. The number of rotatable bonds is 5. The highest BCUT2D eigenvalue weighted by molar-refractivity contribution is 5.77. The zero-order valence-corrected chi connectivity index (χ0v) is 10.7. The van der Waals surface area contributed by atoms with Gasteiger partial charge in [0.25, 0.3) is 0 Å². The van der Waals surface area contributed by atoms with E-state index in [0.717, 1.165) is 22.4 Å². The van der Waals surface area contributed by atoms with Gasteiger partial charge in [-0.2, -0.15) is 0 Å². The monoisotopic (exact) mass is 243 g/mol. The minimum atomic E-state index is -0.849. The normalized spacial score (nSPS) is 11.8. The zero-order valence-electron chi connectivity index (χ0n) is 10.7. The van der Waals surface area contributed by atoms with Crippen LogP contribution in [0, 0.1) is 6.92 Å². The second-order valence-electron chi connectivity index (χ2n) is 4.00. The van der Waals surface area contributed by atoms with Gasteiger partial charge in [0.05, 0.1) is 6.42 Å². The fraction of sp³-hybridized carbons (Fsp3) is 0.200. The first-order valence-corrected chi connectivity index (χ1v) is 5.70. The van der Waals surface area contributed by atoms with Gasteiger partial charge in [-0.05, 0) is 42.7 Å². The van der Waals surface area contributed by atoms with Crippen LogP contribution in [0.15, 0.2) is 48.7 Å². The van der Waals surface area contributed by atoms with Gasteiger partial charge < -0.3 is 5.11 Å². The van der Waals surface area contributed by atoms with E-state index in [1.807, 2.05) is 32.1 Å². The quantitative estimate of drug-likeness (QED) is 0.806. The van der Waals surface area contributed by atoms with Gasteiger partial charge in [-0.3, -0.25) is 9.78 Å². The van der Waals surface area contributed by atoms with E-state index in [4.69, 9.17) is 5.11 Å². The number of carbonyl (C=O) groups is 1. The first kappa shape index (κ1) is 13.9. The highest BCUT2D eigenvalue weighted by Gasteiger charge is 2.03. The molecule has 1 heterocycles. The van der Waals surface area contributed by atoms with Gasteiger partial charge in [-0.1, -0.05) is 24.8 Å². The molecule has 94 valence electrons. The van der Waals surface area contributed by atoms with Crippen LogP contribution in [0.1, 0.15) is 24.6 Å². The van der Waals surface area contributed by atoms with Gasteiger partial charge >= 0.3 is 5.97 Å². The Morgan fingerprint density at radius 2 is 2.28 bits per heavy atom. The molecule has 0 aromatic carbocycles. The van der Waals surface area contributed by atoms with Gasteiger partial charge in [0.1, 0.15) is 0 Å². The number of aliphatic carboxylic acids is 1. The highest BCUT2D eigenvalue weighted by atomic mass is 16.4. The Kier molecular flexibility index (Phi) is 5.06. The van der Waals surface area contributed by atoms with E-state index in [-0.39, 0.29) is 6.42 Å². The third kappa shape index (κ3) is 4.37. The van der Waals surface area contributed by atoms with Crippen molar-refractivity contribution in [2.75, 3.05) is 0 Å². The van der Waals surface area contributed by atoms with Crippen molar-refractivity contribution in [3.05, 3.63) is 60.0 Å². The van der Waals surface area contributed by atoms with Crippen molar-refractivity contribution in [3.63, 3.8) is 0 Å². The van der Waals surface area contributed by atoms with Gasteiger partial charge in [-0.25, -0.2) is 0 Å². The van der Waals surface area contributed by atoms with Gasteiger partial charge in [0.2, 0.25) is 0 Å². The summed E-state index contributed by atoms with van der Waals surface area (Å²) in [6.45, 7) is 7.73. The largest absolute Gasteiger partial charge is 0.481 e. The Hall–Kier alpha value is -2.16. The summed E-state index contributed by atoms with van der Waals surface area (Å²) in [6, 6.07) is 3.78. The average Bonchev–Trinajstić information content (AvgIpc) is 2.28. The van der Waals surface area contributed by atoms with Crippen LogP contribution >= 0.6 is 0 Å². The maximum atomic E-state index is 10.7. The summed E-state index contributed by atoms with van der Waals surface area (Å²) in [7, 11) is 0. The first-order chi connectivity index (χ1) is 8.52. The molecule has 0 spiro atoms. The third-order valence-electron chi connectivity index (χ3n) is 2.36. The van der Waals surface area contributed by atoms with Crippen LogP contribution in [0.3, 0.4) is 0 Å². The van der Waals surface area contributed by atoms with Crippen molar-refractivity contribution >= 4 is 11.5 Å². The minimum Gasteiger partial charge on any atom is -0.481 e.